The molecular weight excluding hydrogens is 358 g/mol. The fourth-order valence-corrected chi connectivity index (χ4v) is 4.15. The second-order valence-corrected chi connectivity index (χ2v) is 7.91. The van der Waals surface area contributed by atoms with Gasteiger partial charge in [0.15, 0.2) is 0 Å². The molecule has 2 heterocycles. The first-order valence-electron chi connectivity index (χ1n) is 10.6. The van der Waals surface area contributed by atoms with Gasteiger partial charge in [-0.15, -0.1) is 0 Å². The highest BCUT2D eigenvalue weighted by molar-refractivity contribution is 5.58. The summed E-state index contributed by atoms with van der Waals surface area (Å²) >= 11 is 0. The third-order valence-electron chi connectivity index (χ3n) is 5.79. The van der Waals surface area contributed by atoms with Crippen LogP contribution in [0.25, 0.3) is 11.3 Å². The molecule has 3 aromatic rings. The second-order valence-electron chi connectivity index (χ2n) is 7.91. The van der Waals surface area contributed by atoms with E-state index in [0.29, 0.717) is 5.92 Å². The van der Waals surface area contributed by atoms with E-state index in [2.05, 4.69) is 40.2 Å². The average molecular weight is 388 g/mol. The number of nitrogens with zero attached hydrogens (tertiary/aromatic N) is 3. The molecule has 1 N–H and O–H groups in total. The Kier molecular flexibility index (Phi) is 6.65. The standard InChI is InChI=1S/C25H29N3O/c29-19-21-10-12-22(13-11-21)24-16-26-17-25(27-24)23-9-5-15-28(18-23)14-4-8-20-6-2-1-3-7-20/h1-3,6-7,10-13,16-17,23,29H,4-5,8-9,14-15,18-19H2/t23-/m1/s1. The van der Waals surface area contributed by atoms with Crippen LogP contribution in [-0.4, -0.2) is 39.6 Å². The lowest BCUT2D eigenvalue weighted by molar-refractivity contribution is 0.204. The third-order valence-corrected chi connectivity index (χ3v) is 5.79. The Balaban J connectivity index is 1.37. The number of hydrogen-bond acceptors (Lipinski definition) is 4. The van der Waals surface area contributed by atoms with Crippen LogP contribution in [-0.2, 0) is 13.0 Å². The second kappa shape index (κ2) is 9.77. The molecule has 1 atom stereocenters. The van der Waals surface area contributed by atoms with Crippen molar-refractivity contribution in [3.05, 3.63) is 83.8 Å². The van der Waals surface area contributed by atoms with Gasteiger partial charge in [0.1, 0.15) is 0 Å². The molecule has 29 heavy (non-hydrogen) atoms. The average Bonchev–Trinajstić information content (AvgIpc) is 2.80. The van der Waals surface area contributed by atoms with Crippen LogP contribution in [0.15, 0.2) is 67.0 Å². The Morgan fingerprint density at radius 1 is 0.966 bits per heavy atom. The zero-order valence-electron chi connectivity index (χ0n) is 16.9. The first-order valence-corrected chi connectivity index (χ1v) is 10.6. The lowest BCUT2D eigenvalue weighted by Crippen LogP contribution is -2.35. The maximum atomic E-state index is 9.23. The van der Waals surface area contributed by atoms with Gasteiger partial charge in [-0.25, -0.2) is 4.98 Å². The summed E-state index contributed by atoms with van der Waals surface area (Å²) in [5.74, 6) is 0.449. The van der Waals surface area contributed by atoms with Gasteiger partial charge in [0, 0.05) is 24.2 Å². The smallest absolute Gasteiger partial charge is 0.0888 e. The molecule has 4 heteroatoms. The number of aromatic nitrogens is 2. The zero-order chi connectivity index (χ0) is 19.9. The number of rotatable bonds is 7. The van der Waals surface area contributed by atoms with E-state index < -0.39 is 0 Å². The Hall–Kier alpha value is -2.56. The van der Waals surface area contributed by atoms with Crippen LogP contribution >= 0.6 is 0 Å². The highest BCUT2D eigenvalue weighted by atomic mass is 16.3. The molecular formula is C25H29N3O. The minimum atomic E-state index is 0.0637. The molecule has 0 bridgehead atoms. The highest BCUT2D eigenvalue weighted by Crippen LogP contribution is 2.27. The van der Waals surface area contributed by atoms with Crippen molar-refractivity contribution in [1.29, 1.82) is 0 Å². The Labute approximate surface area is 173 Å². The molecule has 1 aromatic heterocycles. The SMILES string of the molecule is OCc1ccc(-c2cncc([C@@H]3CCCN(CCCc4ccccc4)C3)n2)cc1. The predicted octanol–water partition coefficient (Wildman–Crippen LogP) is 4.45. The summed E-state index contributed by atoms with van der Waals surface area (Å²) in [6.45, 7) is 3.45. The number of likely N-dealkylation sites (tertiary alicyclic amines) is 1. The van der Waals surface area contributed by atoms with Crippen molar-refractivity contribution < 1.29 is 5.11 Å². The quantitative estimate of drug-likeness (QED) is 0.651. The van der Waals surface area contributed by atoms with E-state index >= 15 is 0 Å². The summed E-state index contributed by atoms with van der Waals surface area (Å²) < 4.78 is 0. The minimum Gasteiger partial charge on any atom is -0.392 e. The fourth-order valence-electron chi connectivity index (χ4n) is 4.15. The molecule has 4 rings (SSSR count). The molecule has 0 aliphatic carbocycles. The monoisotopic (exact) mass is 387 g/mol. The number of aliphatic hydroxyl groups excluding tert-OH is 1. The molecule has 0 spiro atoms. The van der Waals surface area contributed by atoms with Crippen molar-refractivity contribution >= 4 is 0 Å². The van der Waals surface area contributed by atoms with Gasteiger partial charge in [0.2, 0.25) is 0 Å². The topological polar surface area (TPSA) is 49.3 Å². The van der Waals surface area contributed by atoms with Crippen molar-refractivity contribution in [1.82, 2.24) is 14.9 Å². The molecule has 1 aliphatic rings. The van der Waals surface area contributed by atoms with Crippen LogP contribution in [0.4, 0.5) is 0 Å². The van der Waals surface area contributed by atoms with Gasteiger partial charge in [-0.2, -0.15) is 0 Å². The molecule has 1 saturated heterocycles. The van der Waals surface area contributed by atoms with Crippen LogP contribution in [0.2, 0.25) is 0 Å². The van der Waals surface area contributed by atoms with Gasteiger partial charge in [-0.1, -0.05) is 54.6 Å². The van der Waals surface area contributed by atoms with E-state index in [1.807, 2.05) is 36.7 Å². The largest absolute Gasteiger partial charge is 0.392 e. The number of benzene rings is 2. The Morgan fingerprint density at radius 3 is 2.59 bits per heavy atom. The maximum absolute atomic E-state index is 9.23. The van der Waals surface area contributed by atoms with Crippen LogP contribution in [0, 0.1) is 0 Å². The van der Waals surface area contributed by atoms with E-state index in [0.717, 1.165) is 42.0 Å². The van der Waals surface area contributed by atoms with Crippen LogP contribution < -0.4 is 0 Å². The molecule has 150 valence electrons. The zero-order valence-corrected chi connectivity index (χ0v) is 16.9. The van der Waals surface area contributed by atoms with Crippen molar-refractivity contribution in [3.8, 4) is 11.3 Å². The predicted molar refractivity (Wildman–Crippen MR) is 117 cm³/mol. The van der Waals surface area contributed by atoms with Crippen molar-refractivity contribution in [2.75, 3.05) is 19.6 Å². The van der Waals surface area contributed by atoms with Gasteiger partial charge < -0.3 is 10.0 Å². The maximum Gasteiger partial charge on any atom is 0.0888 e. The minimum absolute atomic E-state index is 0.0637. The molecule has 4 nitrogen and oxygen atoms in total. The van der Waals surface area contributed by atoms with E-state index in [-0.39, 0.29) is 6.61 Å². The van der Waals surface area contributed by atoms with E-state index in [4.69, 9.17) is 4.98 Å². The van der Waals surface area contributed by atoms with Gasteiger partial charge in [0.25, 0.3) is 0 Å². The third kappa shape index (κ3) is 5.28. The Bertz CT molecular complexity index is 895. The first-order chi connectivity index (χ1) is 14.3. The van der Waals surface area contributed by atoms with Gasteiger partial charge in [-0.05, 0) is 49.9 Å². The van der Waals surface area contributed by atoms with Gasteiger partial charge in [0.05, 0.1) is 24.2 Å². The van der Waals surface area contributed by atoms with Crippen LogP contribution in [0.5, 0.6) is 0 Å². The molecule has 1 fully saturated rings. The van der Waals surface area contributed by atoms with Crippen molar-refractivity contribution in [2.24, 2.45) is 0 Å². The lowest BCUT2D eigenvalue weighted by Gasteiger charge is -2.32. The number of piperidine rings is 1. The fraction of sp³-hybridized carbons (Fsp3) is 0.360. The normalized spacial score (nSPS) is 17.3. The van der Waals surface area contributed by atoms with Crippen LogP contribution in [0.1, 0.15) is 42.0 Å². The number of aliphatic hydroxyl groups is 1. The van der Waals surface area contributed by atoms with E-state index in [1.54, 1.807) is 0 Å². The van der Waals surface area contributed by atoms with E-state index in [1.165, 1.54) is 31.4 Å². The molecule has 0 unspecified atom stereocenters. The summed E-state index contributed by atoms with van der Waals surface area (Å²) in [7, 11) is 0. The summed E-state index contributed by atoms with van der Waals surface area (Å²) in [5, 5.41) is 9.23. The molecule has 1 aliphatic heterocycles. The highest BCUT2D eigenvalue weighted by Gasteiger charge is 2.22. The lowest BCUT2D eigenvalue weighted by atomic mass is 9.94. The first kappa shape index (κ1) is 19.7. The number of aryl methyl sites for hydroxylation is 1. The summed E-state index contributed by atoms with van der Waals surface area (Å²) in [4.78, 5) is 12.0. The summed E-state index contributed by atoms with van der Waals surface area (Å²) in [5.41, 5.74) is 5.39. The van der Waals surface area contributed by atoms with Gasteiger partial charge >= 0.3 is 0 Å². The molecule has 0 saturated carbocycles. The van der Waals surface area contributed by atoms with E-state index in [9.17, 15) is 5.11 Å². The van der Waals surface area contributed by atoms with Crippen LogP contribution in [0.3, 0.4) is 0 Å². The molecule has 0 amide bonds. The van der Waals surface area contributed by atoms with Crippen molar-refractivity contribution in [2.45, 2.75) is 38.2 Å². The molecule has 0 radical (unpaired) electrons. The molecule has 2 aromatic carbocycles. The Morgan fingerprint density at radius 2 is 1.79 bits per heavy atom. The summed E-state index contributed by atoms with van der Waals surface area (Å²) in [6, 6.07) is 18.7. The van der Waals surface area contributed by atoms with Crippen molar-refractivity contribution in [3.63, 3.8) is 0 Å². The summed E-state index contributed by atoms with van der Waals surface area (Å²) in [6.07, 6.45) is 8.49. The number of hydrogen-bond donors (Lipinski definition) is 1. The van der Waals surface area contributed by atoms with Gasteiger partial charge in [-0.3, -0.25) is 4.98 Å².